The molecule has 2 atom stereocenters. The predicted octanol–water partition coefficient (Wildman–Crippen LogP) is 3.68. The lowest BCUT2D eigenvalue weighted by Gasteiger charge is -2.28. The summed E-state index contributed by atoms with van der Waals surface area (Å²) in [6.07, 6.45) is 3.75. The summed E-state index contributed by atoms with van der Waals surface area (Å²) < 4.78 is 5.43. The Kier molecular flexibility index (Phi) is 8.57. The normalized spacial score (nSPS) is 18.7. The summed E-state index contributed by atoms with van der Waals surface area (Å²) in [5, 5.41) is 2.92. The van der Waals surface area contributed by atoms with Crippen LogP contribution in [0.5, 0.6) is 0 Å². The molecule has 0 radical (unpaired) electrons. The summed E-state index contributed by atoms with van der Waals surface area (Å²) in [6.45, 7) is 11.9. The van der Waals surface area contributed by atoms with E-state index in [0.29, 0.717) is 19.4 Å². The van der Waals surface area contributed by atoms with Crippen LogP contribution in [-0.2, 0) is 14.3 Å². The second-order valence-corrected chi connectivity index (χ2v) is 8.50. The Morgan fingerprint density at radius 2 is 1.88 bits per heavy atom. The van der Waals surface area contributed by atoms with Crippen molar-refractivity contribution in [3.05, 3.63) is 0 Å². The van der Waals surface area contributed by atoms with Crippen LogP contribution in [0.15, 0.2) is 0 Å². The molecule has 26 heavy (non-hydrogen) atoms. The molecule has 6 nitrogen and oxygen atoms in total. The van der Waals surface area contributed by atoms with Crippen molar-refractivity contribution < 1.29 is 19.1 Å². The van der Waals surface area contributed by atoms with E-state index in [1.54, 1.807) is 0 Å². The van der Waals surface area contributed by atoms with Crippen LogP contribution in [0.2, 0.25) is 0 Å². The lowest BCUT2D eigenvalue weighted by atomic mass is 9.92. The van der Waals surface area contributed by atoms with E-state index in [9.17, 15) is 14.4 Å². The summed E-state index contributed by atoms with van der Waals surface area (Å²) in [7, 11) is 0. The summed E-state index contributed by atoms with van der Waals surface area (Å²) in [4.78, 5) is 39.2. The van der Waals surface area contributed by atoms with Gasteiger partial charge in [0.1, 0.15) is 5.60 Å². The van der Waals surface area contributed by atoms with Crippen LogP contribution in [0.4, 0.5) is 4.79 Å². The highest BCUT2D eigenvalue weighted by molar-refractivity contribution is 5.92. The van der Waals surface area contributed by atoms with Crippen molar-refractivity contribution in [1.29, 1.82) is 0 Å². The maximum Gasteiger partial charge on any atom is 0.410 e. The highest BCUT2D eigenvalue weighted by atomic mass is 16.6. The molecule has 1 fully saturated rings. The number of carbonyl (C=O) groups excluding carboxylic acids is 3. The number of nitrogens with zero attached hydrogens (tertiary/aromatic N) is 1. The van der Waals surface area contributed by atoms with Crippen molar-refractivity contribution in [2.24, 2.45) is 5.92 Å². The van der Waals surface area contributed by atoms with Gasteiger partial charge in [-0.25, -0.2) is 4.79 Å². The van der Waals surface area contributed by atoms with Crippen LogP contribution < -0.4 is 5.32 Å². The average molecular weight is 369 g/mol. The minimum atomic E-state index is -0.589. The third-order valence-corrected chi connectivity index (χ3v) is 4.41. The Balaban J connectivity index is 2.76. The number of nitrogens with one attached hydrogen (secondary N) is 1. The number of rotatable bonds is 8. The zero-order valence-corrected chi connectivity index (χ0v) is 17.3. The molecule has 0 saturated carbocycles. The average Bonchev–Trinajstić information content (AvgIpc) is 2.98. The molecule has 6 heteroatoms. The molecule has 1 N–H and O–H groups in total. The second-order valence-electron chi connectivity index (χ2n) is 8.50. The molecule has 0 unspecified atom stereocenters. The number of hydrogen-bond donors (Lipinski definition) is 1. The van der Waals surface area contributed by atoms with Crippen molar-refractivity contribution in [2.75, 3.05) is 6.54 Å². The van der Waals surface area contributed by atoms with Gasteiger partial charge in [-0.2, -0.15) is 0 Å². The third-order valence-electron chi connectivity index (χ3n) is 4.41. The van der Waals surface area contributed by atoms with Crippen LogP contribution in [0.3, 0.4) is 0 Å². The van der Waals surface area contributed by atoms with E-state index >= 15 is 0 Å². The number of Topliss-reactive ketones (excluding diaryl/α,β-unsaturated/α-hetero) is 1. The van der Waals surface area contributed by atoms with Crippen LogP contribution >= 0.6 is 0 Å². The molecule has 0 spiro atoms. The molecule has 1 saturated heterocycles. The smallest absolute Gasteiger partial charge is 0.410 e. The summed E-state index contributed by atoms with van der Waals surface area (Å²) >= 11 is 0. The maximum absolute atomic E-state index is 12.9. The van der Waals surface area contributed by atoms with Gasteiger partial charge < -0.3 is 10.1 Å². The maximum atomic E-state index is 12.9. The van der Waals surface area contributed by atoms with Gasteiger partial charge in [0.2, 0.25) is 5.91 Å². The second kappa shape index (κ2) is 9.93. The highest BCUT2D eigenvalue weighted by Crippen LogP contribution is 2.25. The van der Waals surface area contributed by atoms with Gasteiger partial charge in [-0.3, -0.25) is 14.5 Å². The lowest BCUT2D eigenvalue weighted by Crippen LogP contribution is -2.45. The topological polar surface area (TPSA) is 75.7 Å². The van der Waals surface area contributed by atoms with Gasteiger partial charge in [-0.05, 0) is 53.9 Å². The predicted molar refractivity (Wildman–Crippen MR) is 102 cm³/mol. The quantitative estimate of drug-likeness (QED) is 0.709. The van der Waals surface area contributed by atoms with Crippen molar-refractivity contribution in [3.63, 3.8) is 0 Å². The summed E-state index contributed by atoms with van der Waals surface area (Å²) in [5.74, 6) is -0.428. The Morgan fingerprint density at radius 3 is 2.42 bits per heavy atom. The van der Waals surface area contributed by atoms with Crippen LogP contribution in [0, 0.1) is 5.92 Å². The molecule has 0 bridgehead atoms. The first kappa shape index (κ1) is 22.5. The van der Waals surface area contributed by atoms with Crippen molar-refractivity contribution in [3.8, 4) is 0 Å². The Morgan fingerprint density at radius 1 is 1.23 bits per heavy atom. The summed E-state index contributed by atoms with van der Waals surface area (Å²) in [5.41, 5.74) is -0.589. The first-order chi connectivity index (χ1) is 12.0. The van der Waals surface area contributed by atoms with Crippen molar-refractivity contribution in [1.82, 2.24) is 10.2 Å². The number of amides is 2. The first-order valence-corrected chi connectivity index (χ1v) is 9.87. The van der Waals surface area contributed by atoms with E-state index in [-0.39, 0.29) is 30.1 Å². The monoisotopic (exact) mass is 368 g/mol. The molecule has 0 aromatic carbocycles. The summed E-state index contributed by atoms with van der Waals surface area (Å²) in [6, 6.07) is -0.424. The van der Waals surface area contributed by atoms with Gasteiger partial charge in [0.05, 0.1) is 6.04 Å². The standard InChI is InChI=1S/C20H36N2O4/c1-7-8-10-15(18(24)21-14(2)3)13-17(23)16-11-9-12-22(16)19(25)26-20(4,5)6/h14-16H,7-13H2,1-6H3,(H,21,24)/t15-,16+/m1/s1. The molecule has 1 heterocycles. The molecular weight excluding hydrogens is 332 g/mol. The number of carbonyl (C=O) groups is 3. The Labute approximate surface area is 158 Å². The third kappa shape index (κ3) is 7.34. The van der Waals surface area contributed by atoms with Crippen LogP contribution in [0.25, 0.3) is 0 Å². The number of likely N-dealkylation sites (tertiary alicyclic amines) is 1. The molecule has 0 aromatic heterocycles. The fraction of sp³-hybridized carbons (Fsp3) is 0.850. The van der Waals surface area contributed by atoms with E-state index in [1.807, 2.05) is 34.6 Å². The Hall–Kier alpha value is -1.59. The van der Waals surface area contributed by atoms with Gasteiger partial charge in [0, 0.05) is 24.9 Å². The van der Waals surface area contributed by atoms with Gasteiger partial charge in [0.15, 0.2) is 5.78 Å². The van der Waals surface area contributed by atoms with Gasteiger partial charge in [-0.15, -0.1) is 0 Å². The highest BCUT2D eigenvalue weighted by Gasteiger charge is 2.37. The first-order valence-electron chi connectivity index (χ1n) is 9.87. The molecule has 2 amide bonds. The zero-order chi connectivity index (χ0) is 19.9. The fourth-order valence-corrected chi connectivity index (χ4v) is 3.20. The minimum absolute atomic E-state index is 0.0339. The van der Waals surface area contributed by atoms with Crippen LogP contribution in [-0.4, -0.2) is 46.9 Å². The molecule has 0 aliphatic carbocycles. The number of unbranched alkanes of at least 4 members (excludes halogenated alkanes) is 1. The zero-order valence-electron chi connectivity index (χ0n) is 17.3. The van der Waals surface area contributed by atoms with Crippen LogP contribution in [0.1, 0.15) is 80.1 Å². The van der Waals surface area contributed by atoms with E-state index < -0.39 is 17.7 Å². The van der Waals surface area contributed by atoms with Gasteiger partial charge in [-0.1, -0.05) is 19.8 Å². The van der Waals surface area contributed by atoms with Gasteiger partial charge >= 0.3 is 6.09 Å². The van der Waals surface area contributed by atoms with E-state index in [1.165, 1.54) is 4.90 Å². The SMILES string of the molecule is CCCC[C@H](CC(=O)[C@@H]1CCCN1C(=O)OC(C)(C)C)C(=O)NC(C)C. The molecular formula is C20H36N2O4. The number of ether oxygens (including phenoxy) is 1. The van der Waals surface area contributed by atoms with E-state index in [2.05, 4.69) is 12.2 Å². The molecule has 1 rings (SSSR count). The van der Waals surface area contributed by atoms with E-state index in [4.69, 9.17) is 4.74 Å². The molecule has 0 aromatic rings. The molecule has 1 aliphatic heterocycles. The molecule has 1 aliphatic rings. The minimum Gasteiger partial charge on any atom is -0.444 e. The Bertz CT molecular complexity index is 497. The lowest BCUT2D eigenvalue weighted by molar-refractivity contribution is -0.131. The van der Waals surface area contributed by atoms with Crippen molar-refractivity contribution >= 4 is 17.8 Å². The van der Waals surface area contributed by atoms with E-state index in [0.717, 1.165) is 19.3 Å². The van der Waals surface area contributed by atoms with Crippen molar-refractivity contribution in [2.45, 2.75) is 97.8 Å². The fourth-order valence-electron chi connectivity index (χ4n) is 3.20. The number of hydrogen-bond acceptors (Lipinski definition) is 4. The number of ketones is 1. The largest absolute Gasteiger partial charge is 0.444 e. The van der Waals surface area contributed by atoms with Gasteiger partial charge in [0.25, 0.3) is 0 Å². The molecule has 150 valence electrons.